The fourth-order valence-corrected chi connectivity index (χ4v) is 4.31. The average molecular weight is 454 g/mol. The van der Waals surface area contributed by atoms with Gasteiger partial charge in [0.05, 0.1) is 25.4 Å². The molecule has 2 heterocycles. The normalized spacial score (nSPS) is 53.6. The molecule has 0 radical (unpaired) electrons. The highest BCUT2D eigenvalue weighted by Crippen LogP contribution is 2.34. The fraction of sp³-hybridized carbons (Fsp3) is 1.00. The second-order valence-electron chi connectivity index (χ2n) is 8.56. The van der Waals surface area contributed by atoms with Gasteiger partial charge in [0.25, 0.3) is 0 Å². The molecule has 5 unspecified atom stereocenters. The van der Waals surface area contributed by atoms with Crippen molar-refractivity contribution in [2.24, 2.45) is 17.4 Å². The molecule has 11 N–H and O–H groups in total. The minimum Gasteiger partial charge on any atom is -0.394 e. The van der Waals surface area contributed by atoms with E-state index in [1.807, 2.05) is 0 Å². The summed E-state index contributed by atoms with van der Waals surface area (Å²) in [7, 11) is 0. The topological polar surface area (TPSA) is 231 Å². The maximum atomic E-state index is 10.7. The first kappa shape index (κ1) is 25.1. The van der Waals surface area contributed by atoms with E-state index in [-0.39, 0.29) is 5.92 Å². The number of ether oxygens (including phenoxy) is 4. The van der Waals surface area contributed by atoms with Crippen LogP contribution in [0.3, 0.4) is 0 Å². The number of hydrogen-bond acceptors (Lipinski definition) is 13. The summed E-state index contributed by atoms with van der Waals surface area (Å²) in [4.78, 5) is 0. The van der Waals surface area contributed by atoms with Crippen molar-refractivity contribution in [3.63, 3.8) is 0 Å². The van der Waals surface area contributed by atoms with Crippen molar-refractivity contribution >= 4 is 0 Å². The van der Waals surface area contributed by atoms with Gasteiger partial charge in [0.2, 0.25) is 0 Å². The highest BCUT2D eigenvalue weighted by molar-refractivity contribution is 4.99. The van der Waals surface area contributed by atoms with Crippen LogP contribution in [0.2, 0.25) is 0 Å². The van der Waals surface area contributed by atoms with E-state index in [0.29, 0.717) is 6.42 Å². The first-order valence-corrected chi connectivity index (χ1v) is 10.4. The van der Waals surface area contributed by atoms with Gasteiger partial charge < -0.3 is 66.2 Å². The van der Waals surface area contributed by atoms with Crippen molar-refractivity contribution in [2.45, 2.75) is 92.9 Å². The zero-order valence-corrected chi connectivity index (χ0v) is 17.1. The van der Waals surface area contributed by atoms with Crippen LogP contribution < -0.4 is 11.5 Å². The molecule has 0 aromatic rings. The third-order valence-corrected chi connectivity index (χ3v) is 6.32. The molecule has 31 heavy (non-hydrogen) atoms. The van der Waals surface area contributed by atoms with Crippen molar-refractivity contribution in [1.82, 2.24) is 0 Å². The number of nitrogens with two attached hydrogens (primary N) is 2. The van der Waals surface area contributed by atoms with Crippen LogP contribution in [0.25, 0.3) is 0 Å². The van der Waals surface area contributed by atoms with E-state index in [2.05, 4.69) is 0 Å². The molecular weight excluding hydrogens is 420 g/mol. The summed E-state index contributed by atoms with van der Waals surface area (Å²) in [5.41, 5.74) is 12.2. The van der Waals surface area contributed by atoms with E-state index in [1.165, 1.54) is 0 Å². The SMILES string of the molecule is CC1CC(N)[C@@H](O[C@H]2OC(CO)[C@@H](O)[C@H](O)C2N)[C@H](O[C@@H]2O[C@H](CO)[C@H](O)C2O)[C@@H]1O. The molecule has 2 saturated heterocycles. The maximum Gasteiger partial charge on any atom is 0.187 e. The van der Waals surface area contributed by atoms with Crippen LogP contribution in [0.4, 0.5) is 0 Å². The summed E-state index contributed by atoms with van der Waals surface area (Å²) in [5.74, 6) is -0.310. The quantitative estimate of drug-likeness (QED) is 0.183. The highest BCUT2D eigenvalue weighted by atomic mass is 16.7. The molecule has 0 bridgehead atoms. The zero-order valence-electron chi connectivity index (χ0n) is 17.1. The van der Waals surface area contributed by atoms with Gasteiger partial charge in [-0.3, -0.25) is 0 Å². The van der Waals surface area contributed by atoms with E-state index in [0.717, 1.165) is 0 Å². The highest BCUT2D eigenvalue weighted by Gasteiger charge is 2.51. The Morgan fingerprint density at radius 1 is 0.742 bits per heavy atom. The Kier molecular flexibility index (Phi) is 8.24. The summed E-state index contributed by atoms with van der Waals surface area (Å²) in [5, 5.41) is 69.7. The van der Waals surface area contributed by atoms with Gasteiger partial charge in [0.1, 0.15) is 48.8 Å². The summed E-state index contributed by atoms with van der Waals surface area (Å²) in [6, 6.07) is -1.86. The summed E-state index contributed by atoms with van der Waals surface area (Å²) >= 11 is 0. The molecule has 14 atom stereocenters. The van der Waals surface area contributed by atoms with Gasteiger partial charge in [0, 0.05) is 6.04 Å². The van der Waals surface area contributed by atoms with Crippen molar-refractivity contribution in [3.05, 3.63) is 0 Å². The predicted octanol–water partition coefficient (Wildman–Crippen LogP) is -5.31. The van der Waals surface area contributed by atoms with E-state index >= 15 is 0 Å². The van der Waals surface area contributed by atoms with E-state index in [4.69, 9.17) is 30.4 Å². The minimum atomic E-state index is -1.48. The molecule has 13 heteroatoms. The molecule has 1 saturated carbocycles. The molecule has 3 fully saturated rings. The van der Waals surface area contributed by atoms with E-state index in [9.17, 15) is 35.7 Å². The Morgan fingerprint density at radius 2 is 1.26 bits per heavy atom. The molecule has 3 rings (SSSR count). The molecular formula is C18H34N2O11. The first-order chi connectivity index (χ1) is 14.6. The first-order valence-electron chi connectivity index (χ1n) is 10.4. The lowest BCUT2D eigenvalue weighted by molar-refractivity contribution is -0.312. The lowest BCUT2D eigenvalue weighted by atomic mass is 9.80. The van der Waals surface area contributed by atoms with Crippen molar-refractivity contribution < 1.29 is 54.7 Å². The zero-order chi connectivity index (χ0) is 23.0. The van der Waals surface area contributed by atoms with Crippen molar-refractivity contribution in [2.75, 3.05) is 13.2 Å². The average Bonchev–Trinajstić information content (AvgIpc) is 3.02. The third-order valence-electron chi connectivity index (χ3n) is 6.32. The summed E-state index contributed by atoms with van der Waals surface area (Å²) < 4.78 is 22.5. The molecule has 182 valence electrons. The number of hydrogen-bond donors (Lipinski definition) is 9. The third kappa shape index (κ3) is 4.89. The summed E-state index contributed by atoms with van der Waals surface area (Å²) in [6.45, 7) is 0.609. The maximum absolute atomic E-state index is 10.7. The molecule has 13 nitrogen and oxygen atoms in total. The number of aliphatic hydroxyl groups excluding tert-OH is 7. The standard InChI is InChI=1S/C18H34N2O11/c1-5-2-6(19)15(30-17-9(20)13(26)11(24)7(3-21)28-17)16(10(5)23)31-18-14(27)12(25)8(4-22)29-18/h5-18,21-27H,2-4,19-20H2,1H3/t5?,6?,7?,8-,9?,10-,11-,12+,13-,14?,15-,16-,17-,18+/m1/s1. The largest absolute Gasteiger partial charge is 0.394 e. The fourth-order valence-electron chi connectivity index (χ4n) is 4.31. The molecule has 3 aliphatic rings. The Hall–Kier alpha value is -0.520. The van der Waals surface area contributed by atoms with Gasteiger partial charge in [-0.15, -0.1) is 0 Å². The lowest BCUT2D eigenvalue weighted by Crippen LogP contribution is -2.66. The van der Waals surface area contributed by atoms with Crippen LogP contribution in [-0.2, 0) is 18.9 Å². The van der Waals surface area contributed by atoms with Crippen molar-refractivity contribution in [3.8, 4) is 0 Å². The van der Waals surface area contributed by atoms with Crippen molar-refractivity contribution in [1.29, 1.82) is 0 Å². The second-order valence-corrected chi connectivity index (χ2v) is 8.56. The molecule has 0 amide bonds. The van der Waals surface area contributed by atoms with Crippen LogP contribution in [0.15, 0.2) is 0 Å². The van der Waals surface area contributed by atoms with Crippen LogP contribution in [0.5, 0.6) is 0 Å². The molecule has 0 aromatic heterocycles. The van der Waals surface area contributed by atoms with Crippen LogP contribution in [-0.4, -0.2) is 129 Å². The van der Waals surface area contributed by atoms with E-state index < -0.39 is 92.8 Å². The van der Waals surface area contributed by atoms with Gasteiger partial charge >= 0.3 is 0 Å². The molecule has 0 spiro atoms. The molecule has 2 aliphatic heterocycles. The van der Waals surface area contributed by atoms with Crippen LogP contribution >= 0.6 is 0 Å². The van der Waals surface area contributed by atoms with Gasteiger partial charge in [-0.2, -0.15) is 0 Å². The Bertz CT molecular complexity index is 587. The molecule has 0 aromatic carbocycles. The van der Waals surface area contributed by atoms with Gasteiger partial charge in [-0.05, 0) is 12.3 Å². The summed E-state index contributed by atoms with van der Waals surface area (Å²) in [6.07, 6.45) is -13.5. The number of aliphatic hydroxyl groups is 7. The Labute approximate surface area is 179 Å². The van der Waals surface area contributed by atoms with Gasteiger partial charge in [0.15, 0.2) is 12.6 Å². The molecule has 1 aliphatic carbocycles. The monoisotopic (exact) mass is 454 g/mol. The van der Waals surface area contributed by atoms with Gasteiger partial charge in [-0.1, -0.05) is 6.92 Å². The second kappa shape index (κ2) is 10.2. The van der Waals surface area contributed by atoms with E-state index in [1.54, 1.807) is 6.92 Å². The Balaban J connectivity index is 1.78. The Morgan fingerprint density at radius 3 is 1.84 bits per heavy atom. The van der Waals surface area contributed by atoms with Crippen LogP contribution in [0.1, 0.15) is 13.3 Å². The van der Waals surface area contributed by atoms with Gasteiger partial charge in [-0.25, -0.2) is 0 Å². The smallest absolute Gasteiger partial charge is 0.187 e. The lowest BCUT2D eigenvalue weighted by Gasteiger charge is -2.47. The predicted molar refractivity (Wildman–Crippen MR) is 101 cm³/mol. The van der Waals surface area contributed by atoms with Crippen LogP contribution in [0, 0.1) is 5.92 Å². The minimum absolute atomic E-state index is 0.310. The number of rotatable bonds is 6.